The Hall–Kier alpha value is -1.46. The van der Waals surface area contributed by atoms with Crippen molar-refractivity contribution in [2.24, 2.45) is 0 Å². The molecular weight excluding hydrogens is 455 g/mol. The summed E-state index contributed by atoms with van der Waals surface area (Å²) in [5, 5.41) is 1.27. The van der Waals surface area contributed by atoms with Crippen LogP contribution >= 0.6 is 23.2 Å². The predicted octanol–water partition coefficient (Wildman–Crippen LogP) is 6.80. The molecule has 4 nitrogen and oxygen atoms in total. The number of hydrogen-bond donors (Lipinski definition) is 0. The molecule has 0 saturated carbocycles. The molecule has 2 rings (SSSR count). The van der Waals surface area contributed by atoms with Crippen LogP contribution in [0.3, 0.4) is 0 Å². The van der Waals surface area contributed by atoms with E-state index in [1.807, 2.05) is 24.3 Å². The van der Waals surface area contributed by atoms with Crippen LogP contribution in [0.4, 0.5) is 0 Å². The molecule has 0 aromatic heterocycles. The molecule has 0 aliphatic heterocycles. The molecule has 0 saturated heterocycles. The maximum atomic E-state index is 6.53. The number of rotatable bonds is 14. The number of benzene rings is 2. The van der Waals surface area contributed by atoms with Gasteiger partial charge in [-0.1, -0.05) is 63.0 Å². The van der Waals surface area contributed by atoms with Gasteiger partial charge in [0.2, 0.25) is 0 Å². The number of ether oxygens (including phenoxy) is 2. The van der Waals surface area contributed by atoms with Crippen LogP contribution in [0.15, 0.2) is 36.4 Å². The SMILES string of the molecule is CCN(CC)CC(C)Oc1ccc(Cc2ccc(OC(C)CN(CC)CC)c(Cl)c2)cc1Cl. The fourth-order valence-corrected chi connectivity index (χ4v) is 4.43. The minimum absolute atomic E-state index is 0.0729. The zero-order chi connectivity index (χ0) is 24.4. The lowest BCUT2D eigenvalue weighted by atomic mass is 10.0. The quantitative estimate of drug-likeness (QED) is 0.288. The largest absolute Gasteiger partial charge is 0.488 e. The molecule has 0 heterocycles. The van der Waals surface area contributed by atoms with Gasteiger partial charge in [0.15, 0.2) is 0 Å². The Morgan fingerprint density at radius 2 is 1.03 bits per heavy atom. The third kappa shape index (κ3) is 9.01. The fraction of sp³-hybridized carbons (Fsp3) is 0.556. The lowest BCUT2D eigenvalue weighted by Crippen LogP contribution is -2.33. The summed E-state index contributed by atoms with van der Waals surface area (Å²) in [6, 6.07) is 12.0. The van der Waals surface area contributed by atoms with Crippen LogP contribution in [0.5, 0.6) is 11.5 Å². The summed E-state index contributed by atoms with van der Waals surface area (Å²) in [5.74, 6) is 1.45. The van der Waals surface area contributed by atoms with Crippen molar-refractivity contribution in [2.75, 3.05) is 39.3 Å². The smallest absolute Gasteiger partial charge is 0.138 e. The number of nitrogens with zero attached hydrogens (tertiary/aromatic N) is 2. The van der Waals surface area contributed by atoms with Crippen LogP contribution in [-0.4, -0.2) is 61.3 Å². The molecule has 0 aliphatic carbocycles. The first-order chi connectivity index (χ1) is 15.8. The molecule has 0 bridgehead atoms. The van der Waals surface area contributed by atoms with Crippen molar-refractivity contribution in [1.29, 1.82) is 0 Å². The van der Waals surface area contributed by atoms with E-state index in [-0.39, 0.29) is 12.2 Å². The van der Waals surface area contributed by atoms with Gasteiger partial charge >= 0.3 is 0 Å². The molecule has 2 aromatic rings. The summed E-state index contributed by atoms with van der Waals surface area (Å²) in [6.45, 7) is 18.6. The van der Waals surface area contributed by atoms with Gasteiger partial charge in [0.25, 0.3) is 0 Å². The average molecular weight is 496 g/mol. The van der Waals surface area contributed by atoms with Crippen LogP contribution in [0.1, 0.15) is 52.7 Å². The molecule has 0 spiro atoms. The van der Waals surface area contributed by atoms with Gasteiger partial charge in [-0.2, -0.15) is 0 Å². The van der Waals surface area contributed by atoms with Gasteiger partial charge in [-0.05, 0) is 81.8 Å². The second kappa shape index (κ2) is 14.1. The van der Waals surface area contributed by atoms with E-state index in [1.165, 1.54) is 0 Å². The fourth-order valence-electron chi connectivity index (χ4n) is 3.93. The lowest BCUT2D eigenvalue weighted by Gasteiger charge is -2.24. The second-order valence-electron chi connectivity index (χ2n) is 8.53. The minimum Gasteiger partial charge on any atom is -0.488 e. The van der Waals surface area contributed by atoms with Crippen molar-refractivity contribution in [1.82, 2.24) is 9.80 Å². The Morgan fingerprint density at radius 1 is 0.667 bits per heavy atom. The standard InChI is InChI=1S/C27H40Cl2N2O2/c1-7-30(8-2)18-20(5)32-26-13-11-22(16-24(26)28)15-23-12-14-27(25(29)17-23)33-21(6)19-31(9-3)10-4/h11-14,16-17,20-21H,7-10,15,18-19H2,1-6H3. The minimum atomic E-state index is 0.0729. The van der Waals surface area contributed by atoms with Crippen LogP contribution in [-0.2, 0) is 6.42 Å². The topological polar surface area (TPSA) is 24.9 Å². The molecule has 33 heavy (non-hydrogen) atoms. The van der Waals surface area contributed by atoms with Gasteiger partial charge < -0.3 is 19.3 Å². The highest BCUT2D eigenvalue weighted by Crippen LogP contribution is 2.30. The lowest BCUT2D eigenvalue weighted by molar-refractivity contribution is 0.153. The van der Waals surface area contributed by atoms with Gasteiger partial charge in [-0.25, -0.2) is 0 Å². The number of hydrogen-bond acceptors (Lipinski definition) is 4. The van der Waals surface area contributed by atoms with E-state index < -0.39 is 0 Å². The molecule has 184 valence electrons. The zero-order valence-electron chi connectivity index (χ0n) is 21.0. The van der Waals surface area contributed by atoms with Gasteiger partial charge in [0.1, 0.15) is 23.7 Å². The third-order valence-electron chi connectivity index (χ3n) is 5.88. The molecule has 6 heteroatoms. The van der Waals surface area contributed by atoms with Crippen molar-refractivity contribution < 1.29 is 9.47 Å². The predicted molar refractivity (Wildman–Crippen MR) is 141 cm³/mol. The van der Waals surface area contributed by atoms with Crippen molar-refractivity contribution in [3.8, 4) is 11.5 Å². The highest BCUT2D eigenvalue weighted by atomic mass is 35.5. The van der Waals surface area contributed by atoms with E-state index in [4.69, 9.17) is 32.7 Å². The summed E-state index contributed by atoms with van der Waals surface area (Å²) < 4.78 is 12.2. The van der Waals surface area contributed by atoms with Gasteiger partial charge in [-0.15, -0.1) is 0 Å². The number of halogens is 2. The Balaban J connectivity index is 1.99. The van der Waals surface area contributed by atoms with Crippen molar-refractivity contribution in [2.45, 2.75) is 60.2 Å². The van der Waals surface area contributed by atoms with Crippen LogP contribution in [0.2, 0.25) is 10.0 Å². The molecule has 0 radical (unpaired) electrons. The maximum absolute atomic E-state index is 6.53. The van der Waals surface area contributed by atoms with Gasteiger partial charge in [-0.3, -0.25) is 0 Å². The van der Waals surface area contributed by atoms with Crippen molar-refractivity contribution in [3.05, 3.63) is 57.6 Å². The van der Waals surface area contributed by atoms with E-state index in [1.54, 1.807) is 0 Å². The summed E-state index contributed by atoms with van der Waals surface area (Å²) in [5.41, 5.74) is 2.23. The molecule has 0 fully saturated rings. The first-order valence-electron chi connectivity index (χ1n) is 12.1. The Labute approximate surface area is 210 Å². The van der Waals surface area contributed by atoms with Crippen molar-refractivity contribution in [3.63, 3.8) is 0 Å². The molecule has 0 N–H and O–H groups in total. The van der Waals surface area contributed by atoms with Crippen LogP contribution in [0.25, 0.3) is 0 Å². The van der Waals surface area contributed by atoms with E-state index in [2.05, 4.69) is 63.5 Å². The molecule has 2 unspecified atom stereocenters. The summed E-state index contributed by atoms with van der Waals surface area (Å²) in [4.78, 5) is 4.68. The Morgan fingerprint density at radius 3 is 1.33 bits per heavy atom. The summed E-state index contributed by atoms with van der Waals surface area (Å²) in [6.07, 6.45) is 0.886. The van der Waals surface area contributed by atoms with Gasteiger partial charge in [0, 0.05) is 13.1 Å². The Kier molecular flexibility index (Phi) is 11.8. The molecule has 0 aliphatic rings. The first kappa shape index (κ1) is 27.8. The Bertz CT molecular complexity index is 785. The molecule has 0 amide bonds. The molecule has 2 atom stereocenters. The molecular formula is C27H40Cl2N2O2. The normalized spacial score (nSPS) is 13.4. The third-order valence-corrected chi connectivity index (χ3v) is 6.47. The molecule has 2 aromatic carbocycles. The van der Waals surface area contributed by atoms with E-state index in [9.17, 15) is 0 Å². The second-order valence-corrected chi connectivity index (χ2v) is 9.35. The van der Waals surface area contributed by atoms with E-state index >= 15 is 0 Å². The van der Waals surface area contributed by atoms with Crippen molar-refractivity contribution >= 4 is 23.2 Å². The average Bonchev–Trinajstić information content (AvgIpc) is 2.79. The number of likely N-dealkylation sites (N-methyl/N-ethyl adjacent to an activating group) is 2. The summed E-state index contributed by atoms with van der Waals surface area (Å²) >= 11 is 13.1. The maximum Gasteiger partial charge on any atom is 0.138 e. The van der Waals surface area contributed by atoms with Gasteiger partial charge in [0.05, 0.1) is 10.0 Å². The highest BCUT2D eigenvalue weighted by Gasteiger charge is 2.13. The monoisotopic (exact) mass is 494 g/mol. The highest BCUT2D eigenvalue weighted by molar-refractivity contribution is 6.32. The van der Waals surface area contributed by atoms with E-state index in [0.29, 0.717) is 10.0 Å². The first-order valence-corrected chi connectivity index (χ1v) is 12.9. The van der Waals surface area contributed by atoms with E-state index in [0.717, 1.165) is 68.3 Å². The summed E-state index contributed by atoms with van der Waals surface area (Å²) in [7, 11) is 0. The van der Waals surface area contributed by atoms with Crippen LogP contribution in [0, 0.1) is 0 Å². The van der Waals surface area contributed by atoms with Crippen LogP contribution < -0.4 is 9.47 Å². The zero-order valence-corrected chi connectivity index (χ0v) is 22.5.